The molecule has 1 unspecified atom stereocenters. The number of rotatable bonds is 18. The van der Waals surface area contributed by atoms with E-state index < -0.39 is 51.9 Å². The summed E-state index contributed by atoms with van der Waals surface area (Å²) in [5.41, 5.74) is 1.53. The summed E-state index contributed by atoms with van der Waals surface area (Å²) in [7, 11) is 1.57. The Morgan fingerprint density at radius 1 is 0.849 bits per heavy atom. The molecule has 7 aromatic rings. The van der Waals surface area contributed by atoms with Gasteiger partial charge in [-0.2, -0.15) is 0 Å². The van der Waals surface area contributed by atoms with E-state index in [2.05, 4.69) is 20.8 Å². The molecule has 2 aliphatic rings. The lowest BCUT2D eigenvalue weighted by molar-refractivity contribution is -0.179. The highest BCUT2D eigenvalue weighted by molar-refractivity contribution is 8.02. The minimum absolute atomic E-state index is 0.0508. The topological polar surface area (TPSA) is 184 Å². The fourth-order valence-electron chi connectivity index (χ4n) is 8.08. The second kappa shape index (κ2) is 21.6. The van der Waals surface area contributed by atoms with E-state index in [0.717, 1.165) is 36.8 Å². The number of methoxy groups -OCH3 is 1. The molecule has 9 rings (SSSR count). The van der Waals surface area contributed by atoms with E-state index in [1.165, 1.54) is 64.9 Å². The van der Waals surface area contributed by atoms with E-state index >= 15 is 0 Å². The summed E-state index contributed by atoms with van der Waals surface area (Å²) < 4.78 is 18.5. The van der Waals surface area contributed by atoms with Crippen LogP contribution in [0.4, 0.5) is 5.13 Å². The Morgan fingerprint density at radius 3 is 2.10 bits per heavy atom. The number of benzene rings is 4. The lowest BCUT2D eigenvalue weighted by Gasteiger charge is -2.49. The van der Waals surface area contributed by atoms with Crippen molar-refractivity contribution in [3.8, 4) is 5.75 Å². The van der Waals surface area contributed by atoms with Gasteiger partial charge in [0.1, 0.15) is 46.3 Å². The number of fused-ring (bicyclic) bond motifs is 2. The number of nitrogens with one attached hydrogen (secondary N) is 2. The van der Waals surface area contributed by atoms with Crippen LogP contribution in [0.2, 0.25) is 0 Å². The first-order valence-electron chi connectivity index (χ1n) is 23.1. The maximum absolute atomic E-state index is 14.8. The molecule has 374 valence electrons. The van der Waals surface area contributed by atoms with E-state index in [1.54, 1.807) is 69.9 Å². The first-order chi connectivity index (χ1) is 35.1. The van der Waals surface area contributed by atoms with Gasteiger partial charge in [-0.25, -0.2) is 19.6 Å². The van der Waals surface area contributed by atoms with Gasteiger partial charge in [0, 0.05) is 29.3 Å². The predicted octanol–water partition coefficient (Wildman–Crippen LogP) is 9.59. The van der Waals surface area contributed by atoms with E-state index in [0.29, 0.717) is 28.0 Å². The number of nitrogens with zero attached hydrogens (tertiary/aromatic N) is 5. The van der Waals surface area contributed by atoms with Crippen molar-refractivity contribution < 1.29 is 38.2 Å². The van der Waals surface area contributed by atoms with Gasteiger partial charge >= 0.3 is 11.9 Å². The molecule has 0 saturated carbocycles. The highest BCUT2D eigenvalue weighted by Gasteiger charge is 2.55. The Labute approximate surface area is 438 Å². The number of β-lactam (4-membered cyclic amide) rings is 1. The maximum Gasteiger partial charge on any atom is 0.355 e. The van der Waals surface area contributed by atoms with Crippen LogP contribution in [0.5, 0.6) is 5.75 Å². The molecule has 73 heavy (non-hydrogen) atoms. The zero-order valence-electron chi connectivity index (χ0n) is 40.7. The molecule has 19 heteroatoms. The number of carbonyl (C=O) groups is 4. The molecule has 1 fully saturated rings. The normalized spacial score (nSPS) is 16.1. The Kier molecular flexibility index (Phi) is 15.0. The summed E-state index contributed by atoms with van der Waals surface area (Å²) in [5, 5.41) is 12.3. The number of thioether (sulfide) groups is 2. The number of pyridine rings is 1. The van der Waals surface area contributed by atoms with E-state index in [-0.39, 0.29) is 23.7 Å². The average Bonchev–Trinajstić information content (AvgIpc) is 4.05. The van der Waals surface area contributed by atoms with Crippen molar-refractivity contribution in [2.75, 3.05) is 23.9 Å². The smallest absolute Gasteiger partial charge is 0.355 e. The SMILES string of the molecule is COc1ccc(COC(=O)C2=C(CSc3nc4ccncc4s3)CS[C@H]3C(NC(=O)/C(=N\OC(C)(C)C(=O)OC(C)(C)C)c4csc(NC(c5ccccc5)(c5ccccc5)c5ccccc5)n4)C(=O)N23)cc1. The number of anilines is 1. The van der Waals surface area contributed by atoms with Gasteiger partial charge in [0.25, 0.3) is 11.8 Å². The van der Waals surface area contributed by atoms with Crippen molar-refractivity contribution in [2.24, 2.45) is 5.16 Å². The van der Waals surface area contributed by atoms with Gasteiger partial charge in [0.2, 0.25) is 5.60 Å². The van der Waals surface area contributed by atoms with Crippen LogP contribution in [-0.4, -0.2) is 90.5 Å². The zero-order chi connectivity index (χ0) is 51.3. The number of oxime groups is 1. The van der Waals surface area contributed by atoms with Crippen molar-refractivity contribution >= 4 is 91.0 Å². The van der Waals surface area contributed by atoms with E-state index in [1.807, 2.05) is 97.1 Å². The van der Waals surface area contributed by atoms with Crippen LogP contribution in [0.1, 0.15) is 62.6 Å². The van der Waals surface area contributed by atoms with Crippen LogP contribution in [0.15, 0.2) is 160 Å². The molecule has 3 aromatic heterocycles. The summed E-state index contributed by atoms with van der Waals surface area (Å²) in [5.74, 6) is -1.35. The molecule has 15 nitrogen and oxygen atoms in total. The summed E-state index contributed by atoms with van der Waals surface area (Å²) >= 11 is 5.59. The summed E-state index contributed by atoms with van der Waals surface area (Å²) in [6.07, 6.45) is 3.45. The van der Waals surface area contributed by atoms with Gasteiger partial charge in [-0.05, 0) is 80.6 Å². The summed E-state index contributed by atoms with van der Waals surface area (Å²) in [4.78, 5) is 78.0. The number of carbonyl (C=O) groups excluding carboxylic acids is 4. The van der Waals surface area contributed by atoms with Crippen LogP contribution >= 0.6 is 46.2 Å². The number of aromatic nitrogens is 3. The molecule has 2 atom stereocenters. The first kappa shape index (κ1) is 50.9. The monoisotopic (exact) mass is 1050 g/mol. The largest absolute Gasteiger partial charge is 0.497 e. The molecule has 0 bridgehead atoms. The van der Waals surface area contributed by atoms with Gasteiger partial charge in [0.05, 0.1) is 17.3 Å². The molecule has 5 heterocycles. The predicted molar refractivity (Wildman–Crippen MR) is 285 cm³/mol. The van der Waals surface area contributed by atoms with Gasteiger partial charge in [-0.15, -0.1) is 34.4 Å². The third-order valence-corrected chi connectivity index (χ3v) is 16.1. The Hall–Kier alpha value is -7.06. The number of hydrogen-bond acceptors (Lipinski definition) is 17. The second-order valence-electron chi connectivity index (χ2n) is 18.4. The number of esters is 2. The highest BCUT2D eigenvalue weighted by Crippen LogP contribution is 2.44. The molecular weight excluding hydrogens is 1000 g/mol. The van der Waals surface area contributed by atoms with Crippen molar-refractivity contribution in [3.05, 3.63) is 178 Å². The molecular formula is C54H51N7O8S4. The molecule has 2 aliphatic heterocycles. The van der Waals surface area contributed by atoms with Crippen molar-refractivity contribution in [3.63, 3.8) is 0 Å². The molecule has 2 N–H and O–H groups in total. The average molecular weight is 1050 g/mol. The van der Waals surface area contributed by atoms with Crippen LogP contribution in [0.3, 0.4) is 0 Å². The second-order valence-corrected chi connectivity index (χ2v) is 22.6. The molecule has 0 radical (unpaired) electrons. The minimum atomic E-state index is -1.65. The highest BCUT2D eigenvalue weighted by atomic mass is 32.2. The zero-order valence-corrected chi connectivity index (χ0v) is 44.0. The fourth-order valence-corrected chi connectivity index (χ4v) is 12.4. The molecule has 0 aliphatic carbocycles. The lowest BCUT2D eigenvalue weighted by Crippen LogP contribution is -2.71. The first-order valence-corrected chi connectivity index (χ1v) is 26.9. The van der Waals surface area contributed by atoms with Crippen molar-refractivity contribution in [1.29, 1.82) is 0 Å². The molecule has 4 aromatic carbocycles. The van der Waals surface area contributed by atoms with Crippen molar-refractivity contribution in [1.82, 2.24) is 25.2 Å². The molecule has 2 amide bonds. The number of amides is 2. The standard InChI is InChI=1S/C54H51N7O8S4/c1-52(2,3)68-49(65)53(4,5)69-60-42(40-32-71-50(56-40)59-54(35-16-10-7-11-17-35,36-18-12-8-13-19-36)37-20-14-9-15-21-37)45(62)58-43-46(63)61-44(48(64)67-29-33-22-24-38(66-6)25-23-33)34(30-70-47(43)61)31-72-51-57-39-26-27-55-28-41(39)73-51/h7-28,32,43,47H,29-31H2,1-6H3,(H,56,59)(H,58,62)/b60-42-/t43?,47-/m0/s1. The number of hydrogen-bond donors (Lipinski definition) is 2. The Bertz CT molecular complexity index is 3070. The van der Waals surface area contributed by atoms with E-state index in [4.69, 9.17) is 29.0 Å². The summed E-state index contributed by atoms with van der Waals surface area (Å²) in [6.45, 7) is 8.13. The summed E-state index contributed by atoms with van der Waals surface area (Å²) in [6, 6.07) is 37.9. The fraction of sp³-hybridized carbons (Fsp3) is 0.259. The van der Waals surface area contributed by atoms with Gasteiger partial charge in [-0.1, -0.05) is 120 Å². The third-order valence-electron chi connectivity index (χ3n) is 11.7. The lowest BCUT2D eigenvalue weighted by atomic mass is 9.77. The maximum atomic E-state index is 14.8. The Morgan fingerprint density at radius 2 is 1.49 bits per heavy atom. The van der Waals surface area contributed by atoms with Crippen LogP contribution in [0.25, 0.3) is 10.2 Å². The van der Waals surface area contributed by atoms with Gasteiger partial charge in [-0.3, -0.25) is 19.5 Å². The van der Waals surface area contributed by atoms with Crippen molar-refractivity contribution in [2.45, 2.75) is 73.7 Å². The number of thiazole rings is 2. The quantitative estimate of drug-likeness (QED) is 0.0207. The van der Waals surface area contributed by atoms with Gasteiger partial charge < -0.3 is 29.7 Å². The van der Waals surface area contributed by atoms with E-state index in [9.17, 15) is 19.2 Å². The van der Waals surface area contributed by atoms with Crippen LogP contribution in [-0.2, 0) is 45.6 Å². The molecule has 1 saturated heterocycles. The minimum Gasteiger partial charge on any atom is -0.497 e. The Balaban J connectivity index is 1.02. The van der Waals surface area contributed by atoms with Crippen LogP contribution in [0, 0.1) is 0 Å². The third kappa shape index (κ3) is 11.1. The molecule has 0 spiro atoms. The number of ether oxygens (including phenoxy) is 3. The van der Waals surface area contributed by atoms with Crippen LogP contribution < -0.4 is 15.4 Å². The van der Waals surface area contributed by atoms with Gasteiger partial charge in [0.15, 0.2) is 15.2 Å².